The van der Waals surface area contributed by atoms with E-state index in [4.69, 9.17) is 0 Å². The van der Waals surface area contributed by atoms with Crippen LogP contribution in [0.4, 0.5) is 0 Å². The van der Waals surface area contributed by atoms with Crippen LogP contribution in [-0.2, 0) is 0 Å². The predicted octanol–water partition coefficient (Wildman–Crippen LogP) is 3.24. The minimum Gasteiger partial charge on any atom is -0.364 e. The topological polar surface area (TPSA) is 8.17 Å². The lowest BCUT2D eigenvalue weighted by molar-refractivity contribution is 0.207. The first-order valence-electron chi connectivity index (χ1n) is 6.56. The number of hydrogen-bond donors (Lipinski definition) is 0. The molecule has 0 spiro atoms. The molecule has 0 amide bonds. The zero-order chi connectivity index (χ0) is 10.5. The van der Waals surface area contributed by atoms with Crippen molar-refractivity contribution >= 4 is 6.20 Å². The van der Waals surface area contributed by atoms with Crippen LogP contribution in [0, 0.1) is 5.92 Å². The number of hydrogen-bond acceptors (Lipinski definition) is 1. The third kappa shape index (κ3) is 1.07. The molecule has 2 nitrogen and oxygen atoms in total. The van der Waals surface area contributed by atoms with Crippen LogP contribution in [0.15, 0.2) is 24.5 Å². The van der Waals surface area contributed by atoms with Crippen molar-refractivity contribution in [3.05, 3.63) is 30.2 Å². The van der Waals surface area contributed by atoms with Gasteiger partial charge >= 0.3 is 0 Å². The quantitative estimate of drug-likeness (QED) is 0.643. The highest BCUT2D eigenvalue weighted by molar-refractivity contribution is 5.35. The van der Waals surface area contributed by atoms with Gasteiger partial charge in [-0.3, -0.25) is 0 Å². The van der Waals surface area contributed by atoms with Crippen molar-refractivity contribution in [1.82, 2.24) is 9.47 Å². The SMILES string of the molecule is C1=Cn2cccc2C2CC3CCCCC3N12. The van der Waals surface area contributed by atoms with Crippen molar-refractivity contribution in [1.29, 1.82) is 0 Å². The highest BCUT2D eigenvalue weighted by Crippen LogP contribution is 2.47. The standard InChI is InChI=1S/C14H18N2/c1-2-5-12-11(4-1)10-14-13-6-3-7-15(13)8-9-16(12)14/h3,6-9,11-12,14H,1-2,4-5,10H2. The van der Waals surface area contributed by atoms with Gasteiger partial charge in [0.2, 0.25) is 0 Å². The molecule has 2 fully saturated rings. The molecule has 2 heteroatoms. The lowest BCUT2D eigenvalue weighted by Crippen LogP contribution is -2.33. The van der Waals surface area contributed by atoms with Gasteiger partial charge in [-0.05, 0) is 37.3 Å². The van der Waals surface area contributed by atoms with E-state index in [9.17, 15) is 0 Å². The van der Waals surface area contributed by atoms with Crippen LogP contribution in [0.5, 0.6) is 0 Å². The molecule has 0 N–H and O–H groups in total. The number of fused-ring (bicyclic) bond motifs is 5. The second-order valence-electron chi connectivity index (χ2n) is 5.45. The van der Waals surface area contributed by atoms with E-state index in [0.29, 0.717) is 6.04 Å². The number of rotatable bonds is 0. The maximum Gasteiger partial charge on any atom is 0.0698 e. The van der Waals surface area contributed by atoms with Gasteiger partial charge in [-0.2, -0.15) is 0 Å². The van der Waals surface area contributed by atoms with Gasteiger partial charge in [0.15, 0.2) is 0 Å². The average Bonchev–Trinajstić information content (AvgIpc) is 2.92. The molecule has 2 aliphatic heterocycles. The molecule has 0 bridgehead atoms. The van der Waals surface area contributed by atoms with Crippen LogP contribution >= 0.6 is 0 Å². The Balaban J connectivity index is 1.74. The van der Waals surface area contributed by atoms with Crippen molar-refractivity contribution in [3.63, 3.8) is 0 Å². The summed E-state index contributed by atoms with van der Waals surface area (Å²) in [5.41, 5.74) is 1.50. The molecule has 1 aromatic rings. The zero-order valence-electron chi connectivity index (χ0n) is 9.55. The Kier molecular flexibility index (Phi) is 1.76. The molecule has 3 aliphatic rings. The fourth-order valence-corrected chi connectivity index (χ4v) is 3.96. The Morgan fingerprint density at radius 3 is 3.06 bits per heavy atom. The summed E-state index contributed by atoms with van der Waals surface area (Å²) in [6.07, 6.45) is 13.8. The molecule has 3 atom stereocenters. The summed E-state index contributed by atoms with van der Waals surface area (Å²) in [6, 6.07) is 5.95. The smallest absolute Gasteiger partial charge is 0.0698 e. The summed E-state index contributed by atoms with van der Waals surface area (Å²) in [5.74, 6) is 0.949. The third-order valence-electron chi connectivity index (χ3n) is 4.69. The molecule has 1 saturated carbocycles. The van der Waals surface area contributed by atoms with E-state index in [2.05, 4.69) is 40.2 Å². The van der Waals surface area contributed by atoms with Crippen LogP contribution in [0.3, 0.4) is 0 Å². The Morgan fingerprint density at radius 2 is 2.06 bits per heavy atom. The van der Waals surface area contributed by atoms with E-state index >= 15 is 0 Å². The molecular weight excluding hydrogens is 196 g/mol. The van der Waals surface area contributed by atoms with Crippen molar-refractivity contribution in [2.75, 3.05) is 0 Å². The molecule has 1 aromatic heterocycles. The summed E-state index contributed by atoms with van der Waals surface area (Å²) in [6.45, 7) is 0. The minimum atomic E-state index is 0.660. The molecule has 1 saturated heterocycles. The predicted molar refractivity (Wildman–Crippen MR) is 64.7 cm³/mol. The molecule has 0 aromatic carbocycles. The zero-order valence-corrected chi connectivity index (χ0v) is 9.55. The third-order valence-corrected chi connectivity index (χ3v) is 4.69. The summed E-state index contributed by atoms with van der Waals surface area (Å²) in [4.78, 5) is 2.64. The largest absolute Gasteiger partial charge is 0.364 e. The first kappa shape index (κ1) is 8.91. The molecule has 4 rings (SSSR count). The van der Waals surface area contributed by atoms with E-state index in [-0.39, 0.29) is 0 Å². The summed E-state index contributed by atoms with van der Waals surface area (Å²) < 4.78 is 2.29. The van der Waals surface area contributed by atoms with Crippen LogP contribution in [0.1, 0.15) is 43.8 Å². The van der Waals surface area contributed by atoms with Crippen LogP contribution in [0.25, 0.3) is 6.20 Å². The fraction of sp³-hybridized carbons (Fsp3) is 0.571. The van der Waals surface area contributed by atoms with Gasteiger partial charge in [0.25, 0.3) is 0 Å². The maximum atomic E-state index is 2.64. The second-order valence-corrected chi connectivity index (χ2v) is 5.45. The normalized spacial score (nSPS) is 35.8. The van der Waals surface area contributed by atoms with Crippen molar-refractivity contribution in [2.45, 2.75) is 44.2 Å². The molecule has 1 aliphatic carbocycles. The molecule has 3 heterocycles. The minimum absolute atomic E-state index is 0.660. The summed E-state index contributed by atoms with van der Waals surface area (Å²) >= 11 is 0. The van der Waals surface area contributed by atoms with Gasteiger partial charge in [-0.1, -0.05) is 12.8 Å². The number of nitrogens with zero attached hydrogens (tertiary/aromatic N) is 2. The van der Waals surface area contributed by atoms with Gasteiger partial charge in [0.1, 0.15) is 0 Å². The van der Waals surface area contributed by atoms with Crippen molar-refractivity contribution < 1.29 is 0 Å². The van der Waals surface area contributed by atoms with E-state index in [0.717, 1.165) is 12.0 Å². The van der Waals surface area contributed by atoms with Gasteiger partial charge < -0.3 is 9.47 Å². The summed E-state index contributed by atoms with van der Waals surface area (Å²) in [7, 11) is 0. The second kappa shape index (κ2) is 3.16. The average molecular weight is 214 g/mol. The van der Waals surface area contributed by atoms with E-state index in [1.54, 1.807) is 0 Å². The van der Waals surface area contributed by atoms with E-state index in [1.807, 2.05) is 0 Å². The Hall–Kier alpha value is -1.18. The van der Waals surface area contributed by atoms with Crippen LogP contribution < -0.4 is 0 Å². The number of aromatic nitrogens is 1. The van der Waals surface area contributed by atoms with Crippen molar-refractivity contribution in [3.8, 4) is 0 Å². The maximum absolute atomic E-state index is 2.64. The van der Waals surface area contributed by atoms with Gasteiger partial charge in [-0.25, -0.2) is 0 Å². The first-order chi connectivity index (χ1) is 7.93. The molecule has 16 heavy (non-hydrogen) atoms. The van der Waals surface area contributed by atoms with E-state index < -0.39 is 0 Å². The van der Waals surface area contributed by atoms with E-state index in [1.165, 1.54) is 37.8 Å². The van der Waals surface area contributed by atoms with Gasteiger partial charge in [0, 0.05) is 30.3 Å². The molecule has 3 unspecified atom stereocenters. The lowest BCUT2D eigenvalue weighted by Gasteiger charge is -2.35. The molecule has 0 radical (unpaired) electrons. The highest BCUT2D eigenvalue weighted by atomic mass is 15.2. The molecular formula is C14H18N2. The molecule has 84 valence electrons. The van der Waals surface area contributed by atoms with Crippen LogP contribution in [-0.4, -0.2) is 15.5 Å². The lowest BCUT2D eigenvalue weighted by atomic mass is 9.84. The Morgan fingerprint density at radius 1 is 1.12 bits per heavy atom. The monoisotopic (exact) mass is 214 g/mol. The van der Waals surface area contributed by atoms with Gasteiger partial charge in [-0.15, -0.1) is 0 Å². The fourth-order valence-electron chi connectivity index (χ4n) is 3.96. The summed E-state index contributed by atoms with van der Waals surface area (Å²) in [5, 5.41) is 0. The van der Waals surface area contributed by atoms with Gasteiger partial charge in [0.05, 0.1) is 6.04 Å². The highest BCUT2D eigenvalue weighted by Gasteiger charge is 2.42. The van der Waals surface area contributed by atoms with Crippen molar-refractivity contribution in [2.24, 2.45) is 5.92 Å². The van der Waals surface area contributed by atoms with Crippen LogP contribution in [0.2, 0.25) is 0 Å². The first-order valence-corrected chi connectivity index (χ1v) is 6.56. The Bertz CT molecular complexity index is 432. The Labute approximate surface area is 96.6 Å².